The van der Waals surface area contributed by atoms with E-state index in [0.717, 1.165) is 23.5 Å². The van der Waals surface area contributed by atoms with E-state index in [2.05, 4.69) is 13.8 Å². The third-order valence-electron chi connectivity index (χ3n) is 4.28. The number of nitrogens with zero attached hydrogens (tertiary/aromatic N) is 1. The fourth-order valence-electron chi connectivity index (χ4n) is 3.45. The number of carbonyl (C=O) groups is 1. The fraction of sp³-hybridized carbons (Fsp3) is 0.667. The SMILES string of the molecule is CC1CC(C)CN(C(=O)c2cc3c(s2)CCS(=O)(=O)C3)C1. The Morgan fingerprint density at radius 2 is 1.95 bits per heavy atom. The van der Waals surface area contributed by atoms with Crippen molar-refractivity contribution in [1.29, 1.82) is 0 Å². The highest BCUT2D eigenvalue weighted by molar-refractivity contribution is 7.90. The van der Waals surface area contributed by atoms with Gasteiger partial charge in [-0.05, 0) is 36.3 Å². The van der Waals surface area contributed by atoms with Crippen LogP contribution >= 0.6 is 11.3 Å². The number of amides is 1. The monoisotopic (exact) mass is 327 g/mol. The summed E-state index contributed by atoms with van der Waals surface area (Å²) in [5, 5.41) is 0. The first-order chi connectivity index (χ1) is 9.84. The summed E-state index contributed by atoms with van der Waals surface area (Å²) in [5.41, 5.74) is 0.840. The number of rotatable bonds is 1. The zero-order valence-electron chi connectivity index (χ0n) is 12.5. The van der Waals surface area contributed by atoms with E-state index in [0.29, 0.717) is 23.1 Å². The summed E-state index contributed by atoms with van der Waals surface area (Å²) < 4.78 is 23.4. The van der Waals surface area contributed by atoms with E-state index in [-0.39, 0.29) is 17.4 Å². The van der Waals surface area contributed by atoms with Crippen LogP contribution < -0.4 is 0 Å². The summed E-state index contributed by atoms with van der Waals surface area (Å²) in [6.45, 7) is 5.98. The molecule has 2 aliphatic heterocycles. The molecular formula is C15H21NO3S2. The highest BCUT2D eigenvalue weighted by Crippen LogP contribution is 2.31. The maximum absolute atomic E-state index is 12.7. The predicted molar refractivity (Wildman–Crippen MR) is 84.4 cm³/mol. The lowest BCUT2D eigenvalue weighted by atomic mass is 9.92. The van der Waals surface area contributed by atoms with Crippen molar-refractivity contribution >= 4 is 27.1 Å². The summed E-state index contributed by atoms with van der Waals surface area (Å²) in [6, 6.07) is 1.81. The Hall–Kier alpha value is -0.880. The lowest BCUT2D eigenvalue weighted by Crippen LogP contribution is -2.42. The first-order valence-corrected chi connectivity index (χ1v) is 10.1. The first kappa shape index (κ1) is 15.0. The van der Waals surface area contributed by atoms with Gasteiger partial charge in [-0.1, -0.05) is 13.8 Å². The van der Waals surface area contributed by atoms with Crippen molar-refractivity contribution in [1.82, 2.24) is 4.90 Å². The topological polar surface area (TPSA) is 54.5 Å². The zero-order valence-corrected chi connectivity index (χ0v) is 14.1. The van der Waals surface area contributed by atoms with Gasteiger partial charge in [-0.2, -0.15) is 0 Å². The molecule has 1 amide bonds. The highest BCUT2D eigenvalue weighted by Gasteiger charge is 2.29. The molecule has 2 unspecified atom stereocenters. The van der Waals surface area contributed by atoms with Gasteiger partial charge in [0.15, 0.2) is 9.84 Å². The largest absolute Gasteiger partial charge is 0.337 e. The van der Waals surface area contributed by atoms with Crippen LogP contribution in [0.5, 0.6) is 0 Å². The summed E-state index contributed by atoms with van der Waals surface area (Å²) in [7, 11) is -2.97. The third-order valence-corrected chi connectivity index (χ3v) is 7.08. The van der Waals surface area contributed by atoms with Crippen LogP contribution in [-0.4, -0.2) is 38.1 Å². The molecular weight excluding hydrogens is 306 g/mol. The summed E-state index contributed by atoms with van der Waals surface area (Å²) in [6.07, 6.45) is 1.73. The molecule has 1 fully saturated rings. The van der Waals surface area contributed by atoms with Crippen LogP contribution in [0.1, 0.15) is 40.4 Å². The van der Waals surface area contributed by atoms with E-state index in [4.69, 9.17) is 0 Å². The summed E-state index contributed by atoms with van der Waals surface area (Å²) in [5.74, 6) is 1.45. The van der Waals surface area contributed by atoms with Crippen LogP contribution in [0.4, 0.5) is 0 Å². The Morgan fingerprint density at radius 1 is 1.29 bits per heavy atom. The number of fused-ring (bicyclic) bond motifs is 1. The maximum atomic E-state index is 12.7. The molecule has 116 valence electrons. The van der Waals surface area contributed by atoms with Gasteiger partial charge in [0.25, 0.3) is 5.91 Å². The van der Waals surface area contributed by atoms with Gasteiger partial charge >= 0.3 is 0 Å². The number of thiophene rings is 1. The van der Waals surface area contributed by atoms with Crippen molar-refractivity contribution < 1.29 is 13.2 Å². The van der Waals surface area contributed by atoms with Crippen molar-refractivity contribution in [3.05, 3.63) is 21.4 Å². The second-order valence-corrected chi connectivity index (χ2v) is 9.88. The van der Waals surface area contributed by atoms with Gasteiger partial charge < -0.3 is 4.90 Å². The van der Waals surface area contributed by atoms with Crippen LogP contribution in [0, 0.1) is 11.8 Å². The fourth-order valence-corrected chi connectivity index (χ4v) is 6.21. The van der Waals surface area contributed by atoms with Gasteiger partial charge in [0.1, 0.15) is 0 Å². The number of hydrogen-bond acceptors (Lipinski definition) is 4. The molecule has 3 heterocycles. The third kappa shape index (κ3) is 3.16. The number of likely N-dealkylation sites (tertiary alicyclic amines) is 1. The number of aryl methyl sites for hydroxylation is 1. The van der Waals surface area contributed by atoms with Gasteiger partial charge in [0.2, 0.25) is 0 Å². The molecule has 4 nitrogen and oxygen atoms in total. The van der Waals surface area contributed by atoms with E-state index in [9.17, 15) is 13.2 Å². The molecule has 21 heavy (non-hydrogen) atoms. The Kier molecular flexibility index (Phi) is 3.86. The molecule has 2 aliphatic rings. The van der Waals surface area contributed by atoms with Crippen molar-refractivity contribution in [3.63, 3.8) is 0 Å². The van der Waals surface area contributed by atoms with Crippen LogP contribution in [0.2, 0.25) is 0 Å². The first-order valence-electron chi connectivity index (χ1n) is 7.45. The summed E-state index contributed by atoms with van der Waals surface area (Å²) in [4.78, 5) is 16.4. The van der Waals surface area contributed by atoms with Gasteiger partial charge in [0.05, 0.1) is 16.4 Å². The van der Waals surface area contributed by atoms with E-state index >= 15 is 0 Å². The minimum atomic E-state index is -2.97. The molecule has 3 rings (SSSR count). The molecule has 1 aromatic rings. The molecule has 0 saturated carbocycles. The predicted octanol–water partition coefficient (Wildman–Crippen LogP) is 2.34. The van der Waals surface area contributed by atoms with Crippen LogP contribution in [0.15, 0.2) is 6.07 Å². The molecule has 6 heteroatoms. The van der Waals surface area contributed by atoms with Crippen LogP contribution in [-0.2, 0) is 22.0 Å². The maximum Gasteiger partial charge on any atom is 0.263 e. The van der Waals surface area contributed by atoms with E-state index in [1.54, 1.807) is 0 Å². The number of hydrogen-bond donors (Lipinski definition) is 0. The lowest BCUT2D eigenvalue weighted by molar-refractivity contribution is 0.0628. The van der Waals surface area contributed by atoms with Crippen molar-refractivity contribution in [2.24, 2.45) is 11.8 Å². The second-order valence-electron chi connectivity index (χ2n) is 6.56. The smallest absolute Gasteiger partial charge is 0.263 e. The molecule has 0 aliphatic carbocycles. The lowest BCUT2D eigenvalue weighted by Gasteiger charge is -2.34. The Labute approximate surface area is 130 Å². The van der Waals surface area contributed by atoms with E-state index < -0.39 is 9.84 Å². The highest BCUT2D eigenvalue weighted by atomic mass is 32.2. The van der Waals surface area contributed by atoms with Crippen LogP contribution in [0.3, 0.4) is 0 Å². The van der Waals surface area contributed by atoms with Crippen molar-refractivity contribution in [2.45, 2.75) is 32.4 Å². The molecule has 0 spiro atoms. The molecule has 1 saturated heterocycles. The van der Waals surface area contributed by atoms with Crippen LogP contribution in [0.25, 0.3) is 0 Å². The minimum absolute atomic E-state index is 0.0743. The Bertz CT molecular complexity index is 652. The Balaban J connectivity index is 1.81. The number of carbonyl (C=O) groups excluding carboxylic acids is 1. The molecule has 0 aromatic carbocycles. The molecule has 1 aromatic heterocycles. The van der Waals surface area contributed by atoms with Gasteiger partial charge in [-0.25, -0.2) is 8.42 Å². The average Bonchev–Trinajstić information content (AvgIpc) is 2.78. The number of sulfone groups is 1. The van der Waals surface area contributed by atoms with Gasteiger partial charge in [0, 0.05) is 18.0 Å². The molecule has 0 radical (unpaired) electrons. The average molecular weight is 327 g/mol. The quantitative estimate of drug-likeness (QED) is 0.795. The van der Waals surface area contributed by atoms with Gasteiger partial charge in [-0.15, -0.1) is 11.3 Å². The van der Waals surface area contributed by atoms with E-state index in [1.807, 2.05) is 11.0 Å². The summed E-state index contributed by atoms with van der Waals surface area (Å²) >= 11 is 1.48. The van der Waals surface area contributed by atoms with Gasteiger partial charge in [-0.3, -0.25) is 4.79 Å². The Morgan fingerprint density at radius 3 is 2.62 bits per heavy atom. The second kappa shape index (κ2) is 5.39. The van der Waals surface area contributed by atoms with E-state index in [1.165, 1.54) is 17.8 Å². The zero-order chi connectivity index (χ0) is 15.2. The molecule has 0 N–H and O–H groups in total. The number of piperidine rings is 1. The molecule has 0 bridgehead atoms. The van der Waals surface area contributed by atoms with Crippen molar-refractivity contribution in [2.75, 3.05) is 18.8 Å². The minimum Gasteiger partial charge on any atom is -0.337 e. The molecule has 2 atom stereocenters. The van der Waals surface area contributed by atoms with Crippen molar-refractivity contribution in [3.8, 4) is 0 Å². The standard InChI is InChI=1S/C15H21NO3S2/c1-10-5-11(2)8-16(7-10)15(17)14-6-12-9-21(18,19)4-3-13(12)20-14/h6,10-11H,3-5,7-9H2,1-2H3. The normalized spacial score (nSPS) is 28.2.